The quantitative estimate of drug-likeness (QED) is 0.672. The molecule has 2 aromatic rings. The molecule has 1 aromatic carbocycles. The molecule has 4 heteroatoms. The number of benzene rings is 1. The third-order valence-electron chi connectivity index (χ3n) is 2.33. The van der Waals surface area contributed by atoms with E-state index in [1.54, 1.807) is 12.3 Å². The Morgan fingerprint density at radius 2 is 2.21 bits per heavy atom. The molecular formula is C10H12FN3. The number of aromatic amines is 1. The minimum absolute atomic E-state index is 0.200. The summed E-state index contributed by atoms with van der Waals surface area (Å²) >= 11 is 0. The maximum Gasteiger partial charge on any atom is 0.125 e. The number of H-pyrrole nitrogens is 1. The predicted molar refractivity (Wildman–Crippen MR) is 54.2 cm³/mol. The zero-order valence-corrected chi connectivity index (χ0v) is 7.63. The molecule has 0 aliphatic rings. The van der Waals surface area contributed by atoms with Gasteiger partial charge in [-0.1, -0.05) is 0 Å². The molecule has 0 bridgehead atoms. The molecule has 5 N–H and O–H groups in total. The molecule has 1 heterocycles. The van der Waals surface area contributed by atoms with E-state index in [1.165, 1.54) is 12.1 Å². The van der Waals surface area contributed by atoms with Crippen molar-refractivity contribution in [1.82, 2.24) is 4.98 Å². The van der Waals surface area contributed by atoms with Crippen LogP contribution in [0.2, 0.25) is 0 Å². The third-order valence-corrected chi connectivity index (χ3v) is 2.33. The van der Waals surface area contributed by atoms with Crippen molar-refractivity contribution in [3.63, 3.8) is 0 Å². The van der Waals surface area contributed by atoms with Gasteiger partial charge in [0.1, 0.15) is 5.82 Å². The second-order valence-corrected chi connectivity index (χ2v) is 3.28. The van der Waals surface area contributed by atoms with Crippen LogP contribution in [0.1, 0.15) is 11.6 Å². The van der Waals surface area contributed by atoms with E-state index in [-0.39, 0.29) is 11.9 Å². The Morgan fingerprint density at radius 1 is 1.43 bits per heavy atom. The van der Waals surface area contributed by atoms with Crippen LogP contribution in [0.3, 0.4) is 0 Å². The van der Waals surface area contributed by atoms with Crippen LogP contribution in [0.4, 0.5) is 4.39 Å². The van der Waals surface area contributed by atoms with E-state index in [4.69, 9.17) is 11.5 Å². The molecule has 14 heavy (non-hydrogen) atoms. The Kier molecular flexibility index (Phi) is 2.23. The van der Waals surface area contributed by atoms with Gasteiger partial charge in [0, 0.05) is 29.7 Å². The minimum Gasteiger partial charge on any atom is -0.361 e. The van der Waals surface area contributed by atoms with E-state index in [1.807, 2.05) is 0 Å². The maximum absolute atomic E-state index is 12.9. The van der Waals surface area contributed by atoms with Crippen LogP contribution in [-0.4, -0.2) is 11.5 Å². The number of hydrogen-bond donors (Lipinski definition) is 3. The smallest absolute Gasteiger partial charge is 0.125 e. The van der Waals surface area contributed by atoms with Gasteiger partial charge >= 0.3 is 0 Å². The van der Waals surface area contributed by atoms with Crippen molar-refractivity contribution >= 4 is 10.9 Å². The van der Waals surface area contributed by atoms with Crippen molar-refractivity contribution in [2.45, 2.75) is 6.04 Å². The number of hydrogen-bond acceptors (Lipinski definition) is 2. The molecule has 0 aliphatic heterocycles. The highest BCUT2D eigenvalue weighted by Gasteiger charge is 2.09. The first-order valence-corrected chi connectivity index (χ1v) is 4.44. The molecule has 1 atom stereocenters. The van der Waals surface area contributed by atoms with Crippen LogP contribution in [0.25, 0.3) is 10.9 Å². The van der Waals surface area contributed by atoms with E-state index in [0.29, 0.717) is 6.54 Å². The number of aromatic nitrogens is 1. The molecule has 0 spiro atoms. The van der Waals surface area contributed by atoms with Gasteiger partial charge in [0.25, 0.3) is 0 Å². The molecule has 0 saturated carbocycles. The van der Waals surface area contributed by atoms with Gasteiger partial charge in [0.05, 0.1) is 0 Å². The number of halogens is 1. The molecule has 0 saturated heterocycles. The summed E-state index contributed by atoms with van der Waals surface area (Å²) in [6.07, 6.45) is 1.78. The van der Waals surface area contributed by atoms with Crippen molar-refractivity contribution in [3.05, 3.63) is 35.8 Å². The van der Waals surface area contributed by atoms with E-state index in [0.717, 1.165) is 16.5 Å². The Balaban J connectivity index is 2.58. The summed E-state index contributed by atoms with van der Waals surface area (Å²) in [5, 5.41) is 0.935. The summed E-state index contributed by atoms with van der Waals surface area (Å²) in [6.45, 7) is 0.379. The SMILES string of the molecule is NC[C@@H](N)c1c[nH]c2cc(F)ccc12. The molecule has 1 aromatic heterocycles. The first-order chi connectivity index (χ1) is 6.72. The van der Waals surface area contributed by atoms with Gasteiger partial charge in [0.15, 0.2) is 0 Å². The Bertz CT molecular complexity index is 450. The van der Waals surface area contributed by atoms with Gasteiger partial charge in [-0.05, 0) is 23.8 Å². The number of nitrogens with one attached hydrogen (secondary N) is 1. The lowest BCUT2D eigenvalue weighted by Gasteiger charge is -2.06. The Hall–Kier alpha value is -1.39. The lowest BCUT2D eigenvalue weighted by Crippen LogP contribution is -2.20. The molecule has 0 unspecified atom stereocenters. The van der Waals surface area contributed by atoms with Gasteiger partial charge in [-0.3, -0.25) is 0 Å². The molecule has 74 valence electrons. The highest BCUT2D eigenvalue weighted by Crippen LogP contribution is 2.22. The fraction of sp³-hybridized carbons (Fsp3) is 0.200. The minimum atomic E-state index is -0.257. The Morgan fingerprint density at radius 3 is 2.93 bits per heavy atom. The first-order valence-electron chi connectivity index (χ1n) is 4.44. The van der Waals surface area contributed by atoms with Gasteiger partial charge in [-0.2, -0.15) is 0 Å². The molecule has 0 aliphatic carbocycles. The molecule has 3 nitrogen and oxygen atoms in total. The van der Waals surface area contributed by atoms with Gasteiger partial charge in [-0.25, -0.2) is 4.39 Å². The van der Waals surface area contributed by atoms with Crippen LogP contribution < -0.4 is 11.5 Å². The summed E-state index contributed by atoms with van der Waals surface area (Å²) < 4.78 is 12.9. The fourth-order valence-corrected chi connectivity index (χ4v) is 1.55. The molecular weight excluding hydrogens is 181 g/mol. The van der Waals surface area contributed by atoms with Crippen molar-refractivity contribution in [2.24, 2.45) is 11.5 Å². The predicted octanol–water partition coefficient (Wildman–Crippen LogP) is 1.27. The Labute approximate surface area is 80.9 Å². The van der Waals surface area contributed by atoms with Crippen molar-refractivity contribution in [1.29, 1.82) is 0 Å². The molecule has 2 rings (SSSR count). The second-order valence-electron chi connectivity index (χ2n) is 3.28. The van der Waals surface area contributed by atoms with Crippen molar-refractivity contribution in [2.75, 3.05) is 6.54 Å². The van der Waals surface area contributed by atoms with Crippen LogP contribution in [0.15, 0.2) is 24.4 Å². The zero-order chi connectivity index (χ0) is 10.1. The highest BCUT2D eigenvalue weighted by atomic mass is 19.1. The van der Waals surface area contributed by atoms with Crippen LogP contribution in [0, 0.1) is 5.82 Å². The number of fused-ring (bicyclic) bond motifs is 1. The van der Waals surface area contributed by atoms with Crippen LogP contribution >= 0.6 is 0 Å². The zero-order valence-electron chi connectivity index (χ0n) is 7.63. The lowest BCUT2D eigenvalue weighted by molar-refractivity contribution is 0.629. The fourth-order valence-electron chi connectivity index (χ4n) is 1.55. The van der Waals surface area contributed by atoms with E-state index < -0.39 is 0 Å². The van der Waals surface area contributed by atoms with Crippen molar-refractivity contribution in [3.8, 4) is 0 Å². The highest BCUT2D eigenvalue weighted by molar-refractivity contribution is 5.83. The monoisotopic (exact) mass is 193 g/mol. The lowest BCUT2D eigenvalue weighted by atomic mass is 10.1. The van der Waals surface area contributed by atoms with E-state index >= 15 is 0 Å². The van der Waals surface area contributed by atoms with Gasteiger partial charge in [0.2, 0.25) is 0 Å². The largest absolute Gasteiger partial charge is 0.361 e. The second kappa shape index (κ2) is 3.40. The summed E-state index contributed by atoms with van der Waals surface area (Å²) in [6, 6.07) is 4.38. The summed E-state index contributed by atoms with van der Waals surface area (Å²) in [5.74, 6) is -0.257. The van der Waals surface area contributed by atoms with Gasteiger partial charge < -0.3 is 16.5 Å². The molecule has 0 fully saturated rings. The number of nitrogens with two attached hydrogens (primary N) is 2. The van der Waals surface area contributed by atoms with Crippen molar-refractivity contribution < 1.29 is 4.39 Å². The average molecular weight is 193 g/mol. The summed E-state index contributed by atoms with van der Waals surface area (Å²) in [4.78, 5) is 2.97. The van der Waals surface area contributed by atoms with Crippen LogP contribution in [-0.2, 0) is 0 Å². The van der Waals surface area contributed by atoms with E-state index in [9.17, 15) is 4.39 Å². The van der Waals surface area contributed by atoms with E-state index in [2.05, 4.69) is 4.98 Å². The molecule has 0 amide bonds. The summed E-state index contributed by atoms with van der Waals surface area (Å²) in [5.41, 5.74) is 13.0. The third kappa shape index (κ3) is 1.38. The van der Waals surface area contributed by atoms with Crippen LogP contribution in [0.5, 0.6) is 0 Å². The van der Waals surface area contributed by atoms with Gasteiger partial charge in [-0.15, -0.1) is 0 Å². The maximum atomic E-state index is 12.9. The first kappa shape index (κ1) is 9.18. The standard InChI is InChI=1S/C10H12FN3/c11-6-1-2-7-8(9(13)4-12)5-14-10(7)3-6/h1-3,5,9,14H,4,12-13H2/t9-/m1/s1. The normalized spacial score (nSPS) is 13.4. The average Bonchev–Trinajstić information content (AvgIpc) is 2.59. The summed E-state index contributed by atoms with van der Waals surface area (Å²) in [7, 11) is 0. The molecule has 0 radical (unpaired) electrons. The topological polar surface area (TPSA) is 67.8 Å². The number of rotatable bonds is 2.